The molecular weight excluding hydrogens is 436 g/mol. The van der Waals surface area contributed by atoms with Crippen molar-refractivity contribution in [1.29, 1.82) is 0 Å². The van der Waals surface area contributed by atoms with Gasteiger partial charge in [-0.2, -0.15) is 0 Å². The second-order valence-electron chi connectivity index (χ2n) is 7.60. The lowest BCUT2D eigenvalue weighted by Crippen LogP contribution is -2.43. The summed E-state index contributed by atoms with van der Waals surface area (Å²) in [5.41, 5.74) is 3.22. The number of carbonyl (C=O) groups excluding carboxylic acids is 1. The van der Waals surface area contributed by atoms with Gasteiger partial charge < -0.3 is 10.2 Å². The summed E-state index contributed by atoms with van der Waals surface area (Å²) in [6.07, 6.45) is 0.288. The Balaban J connectivity index is 1.27. The first-order valence-corrected chi connectivity index (χ1v) is 12.1. The van der Waals surface area contributed by atoms with Gasteiger partial charge in [-0.3, -0.25) is 9.69 Å². The van der Waals surface area contributed by atoms with Crippen LogP contribution >= 0.6 is 34.3 Å². The summed E-state index contributed by atoms with van der Waals surface area (Å²) in [5, 5.41) is 5.88. The van der Waals surface area contributed by atoms with Crippen molar-refractivity contribution < 1.29 is 4.79 Å². The minimum absolute atomic E-state index is 0.0134. The van der Waals surface area contributed by atoms with Crippen LogP contribution < -0.4 is 5.32 Å². The molecule has 1 aromatic carbocycles. The average Bonchev–Trinajstić information content (AvgIpc) is 3.37. The van der Waals surface area contributed by atoms with Crippen molar-refractivity contribution in [3.63, 3.8) is 0 Å². The maximum absolute atomic E-state index is 12.4. The molecule has 2 aromatic heterocycles. The largest absolute Gasteiger partial charge is 0.352 e. The van der Waals surface area contributed by atoms with E-state index in [4.69, 9.17) is 11.6 Å². The lowest BCUT2D eigenvalue weighted by Gasteiger charge is -2.32. The fourth-order valence-corrected chi connectivity index (χ4v) is 5.40. The van der Waals surface area contributed by atoms with Crippen LogP contribution in [-0.4, -0.2) is 53.9 Å². The van der Waals surface area contributed by atoms with E-state index in [1.807, 2.05) is 17.5 Å². The first kappa shape index (κ1) is 21.5. The van der Waals surface area contributed by atoms with Crippen LogP contribution in [0.15, 0.2) is 41.8 Å². The molecule has 158 valence electrons. The molecule has 0 bridgehead atoms. The van der Waals surface area contributed by atoms with Crippen LogP contribution in [0.2, 0.25) is 4.34 Å². The summed E-state index contributed by atoms with van der Waals surface area (Å²) in [7, 11) is 2.17. The number of amides is 1. The van der Waals surface area contributed by atoms with Gasteiger partial charge in [-0.05, 0) is 30.3 Å². The van der Waals surface area contributed by atoms with Crippen molar-refractivity contribution in [2.24, 2.45) is 0 Å². The van der Waals surface area contributed by atoms with Gasteiger partial charge in [0.1, 0.15) is 5.01 Å². The second kappa shape index (κ2) is 10.0. The van der Waals surface area contributed by atoms with E-state index in [0.717, 1.165) is 58.2 Å². The highest BCUT2D eigenvalue weighted by Gasteiger charge is 2.14. The Bertz CT molecular complexity index is 994. The van der Waals surface area contributed by atoms with Gasteiger partial charge >= 0.3 is 0 Å². The molecule has 0 unspecified atom stereocenters. The van der Waals surface area contributed by atoms with Gasteiger partial charge in [0.05, 0.1) is 21.3 Å². The van der Waals surface area contributed by atoms with Crippen LogP contribution in [0.3, 0.4) is 0 Å². The number of aromatic nitrogens is 1. The predicted molar refractivity (Wildman–Crippen MR) is 125 cm³/mol. The van der Waals surface area contributed by atoms with E-state index in [1.165, 1.54) is 16.9 Å². The van der Waals surface area contributed by atoms with Crippen molar-refractivity contribution in [3.8, 4) is 9.88 Å². The van der Waals surface area contributed by atoms with Crippen LogP contribution in [-0.2, 0) is 24.3 Å². The quantitative estimate of drug-likeness (QED) is 0.576. The number of hydrogen-bond acceptors (Lipinski definition) is 6. The number of likely N-dealkylation sites (N-methyl/N-ethyl adjacent to an activating group) is 1. The highest BCUT2D eigenvalue weighted by Crippen LogP contribution is 2.32. The Hall–Kier alpha value is -1.77. The third-order valence-electron chi connectivity index (χ3n) is 5.16. The van der Waals surface area contributed by atoms with Gasteiger partial charge in [0.25, 0.3) is 0 Å². The van der Waals surface area contributed by atoms with E-state index in [-0.39, 0.29) is 12.3 Å². The highest BCUT2D eigenvalue weighted by molar-refractivity contribution is 7.23. The number of carbonyl (C=O) groups is 1. The molecule has 8 heteroatoms. The van der Waals surface area contributed by atoms with Crippen LogP contribution in [0.1, 0.15) is 16.8 Å². The number of halogens is 1. The number of piperazine rings is 1. The number of thiazole rings is 1. The van der Waals surface area contributed by atoms with Crippen molar-refractivity contribution >= 4 is 40.2 Å². The lowest BCUT2D eigenvalue weighted by molar-refractivity contribution is -0.120. The lowest BCUT2D eigenvalue weighted by atomic mass is 10.1. The summed E-state index contributed by atoms with van der Waals surface area (Å²) in [4.78, 5) is 22.8. The zero-order valence-corrected chi connectivity index (χ0v) is 19.3. The van der Waals surface area contributed by atoms with E-state index in [9.17, 15) is 4.79 Å². The molecule has 0 aliphatic carbocycles. The average molecular weight is 461 g/mol. The molecule has 0 atom stereocenters. The molecule has 4 rings (SSSR count). The van der Waals surface area contributed by atoms with E-state index in [0.29, 0.717) is 6.54 Å². The predicted octanol–water partition coefficient (Wildman–Crippen LogP) is 4.13. The third-order valence-corrected chi connectivity index (χ3v) is 7.45. The van der Waals surface area contributed by atoms with Crippen LogP contribution in [0.4, 0.5) is 0 Å². The van der Waals surface area contributed by atoms with E-state index >= 15 is 0 Å². The first-order valence-electron chi connectivity index (χ1n) is 10.0. The molecule has 0 radical (unpaired) electrons. The standard InChI is InChI=1S/C22H25ClN4OS2/c1-26-7-9-27(10-8-26)14-17-4-2-3-16(11-17)13-24-21(28)12-18-15-29-22(25-18)19-5-6-20(23)30-19/h2-6,11,15H,7-10,12-14H2,1H3,(H,24,28). The molecule has 5 nitrogen and oxygen atoms in total. The Kier molecular flexibility index (Phi) is 7.17. The van der Waals surface area contributed by atoms with Crippen LogP contribution in [0.5, 0.6) is 0 Å². The first-order chi connectivity index (χ1) is 14.5. The van der Waals surface area contributed by atoms with Crippen LogP contribution in [0.25, 0.3) is 9.88 Å². The van der Waals surface area contributed by atoms with E-state index in [1.54, 1.807) is 11.3 Å². The maximum Gasteiger partial charge on any atom is 0.226 e. The number of rotatable bonds is 7. The molecule has 1 aliphatic heterocycles. The third kappa shape index (κ3) is 5.89. The van der Waals surface area contributed by atoms with Gasteiger partial charge in [0.15, 0.2) is 0 Å². The second-order valence-corrected chi connectivity index (χ2v) is 10.2. The Morgan fingerprint density at radius 3 is 2.73 bits per heavy atom. The molecule has 1 amide bonds. The molecule has 3 heterocycles. The van der Waals surface area contributed by atoms with Crippen molar-refractivity contribution in [3.05, 3.63) is 62.9 Å². The Labute approximate surface area is 190 Å². The SMILES string of the molecule is CN1CCN(Cc2cccc(CNC(=O)Cc3csc(-c4ccc(Cl)s4)n3)c2)CC1. The normalized spacial score (nSPS) is 15.4. The molecule has 30 heavy (non-hydrogen) atoms. The van der Waals surface area contributed by atoms with Gasteiger partial charge in [0.2, 0.25) is 5.91 Å². The zero-order valence-electron chi connectivity index (χ0n) is 16.9. The number of thiophene rings is 1. The molecular formula is C22H25ClN4OS2. The van der Waals surface area contributed by atoms with Crippen molar-refractivity contribution in [2.75, 3.05) is 33.2 Å². The smallest absolute Gasteiger partial charge is 0.226 e. The highest BCUT2D eigenvalue weighted by atomic mass is 35.5. The number of nitrogens with one attached hydrogen (secondary N) is 1. The van der Waals surface area contributed by atoms with E-state index < -0.39 is 0 Å². The van der Waals surface area contributed by atoms with E-state index in [2.05, 4.69) is 51.4 Å². The summed E-state index contributed by atoms with van der Waals surface area (Å²) in [5.74, 6) is -0.0134. The molecule has 1 fully saturated rings. The number of hydrogen-bond donors (Lipinski definition) is 1. The van der Waals surface area contributed by atoms with Crippen molar-refractivity contribution in [1.82, 2.24) is 20.1 Å². The molecule has 3 aromatic rings. The minimum atomic E-state index is -0.0134. The molecule has 1 saturated heterocycles. The van der Waals surface area contributed by atoms with Crippen LogP contribution in [0, 0.1) is 0 Å². The van der Waals surface area contributed by atoms with Crippen molar-refractivity contribution in [2.45, 2.75) is 19.5 Å². The molecule has 1 N–H and O–H groups in total. The number of nitrogens with zero attached hydrogens (tertiary/aromatic N) is 3. The number of benzene rings is 1. The van der Waals surface area contributed by atoms with Gasteiger partial charge in [-0.15, -0.1) is 22.7 Å². The summed E-state index contributed by atoms with van der Waals surface area (Å²) in [6.45, 7) is 5.94. The molecule has 1 aliphatic rings. The maximum atomic E-state index is 12.4. The fraction of sp³-hybridized carbons (Fsp3) is 0.364. The molecule has 0 saturated carbocycles. The summed E-state index contributed by atoms with van der Waals surface area (Å²) >= 11 is 9.04. The van der Waals surface area contributed by atoms with Gasteiger partial charge in [-0.25, -0.2) is 4.98 Å². The topological polar surface area (TPSA) is 48.5 Å². The molecule has 0 spiro atoms. The summed E-state index contributed by atoms with van der Waals surface area (Å²) in [6, 6.07) is 12.3. The monoisotopic (exact) mass is 460 g/mol. The minimum Gasteiger partial charge on any atom is -0.352 e. The zero-order chi connectivity index (χ0) is 20.9. The Morgan fingerprint density at radius 2 is 1.97 bits per heavy atom. The van der Waals surface area contributed by atoms with Gasteiger partial charge in [-0.1, -0.05) is 35.9 Å². The fourth-order valence-electron chi connectivity index (χ4n) is 3.46. The van der Waals surface area contributed by atoms with Gasteiger partial charge in [0, 0.05) is 44.6 Å². The Morgan fingerprint density at radius 1 is 1.17 bits per heavy atom. The summed E-state index contributed by atoms with van der Waals surface area (Å²) < 4.78 is 0.745.